The highest BCUT2D eigenvalue weighted by atomic mass is 19.1. The summed E-state index contributed by atoms with van der Waals surface area (Å²) in [5, 5.41) is 5.43. The normalized spacial score (nSPS) is 16.1. The molecule has 30 heavy (non-hydrogen) atoms. The van der Waals surface area contributed by atoms with Gasteiger partial charge in [-0.1, -0.05) is 29.8 Å². The Morgan fingerprint density at radius 1 is 1.00 bits per heavy atom. The van der Waals surface area contributed by atoms with Gasteiger partial charge in [0.1, 0.15) is 5.82 Å². The van der Waals surface area contributed by atoms with E-state index in [0.29, 0.717) is 5.69 Å². The first-order chi connectivity index (χ1) is 14.3. The van der Waals surface area contributed by atoms with Gasteiger partial charge in [-0.05, 0) is 50.2 Å². The number of aryl methyl sites for hydroxylation is 2. The molecule has 0 radical (unpaired) electrons. The first-order valence-corrected chi connectivity index (χ1v) is 10.2. The van der Waals surface area contributed by atoms with Crippen LogP contribution in [0.5, 0.6) is 0 Å². The summed E-state index contributed by atoms with van der Waals surface area (Å²) in [7, 11) is 2.07. The van der Waals surface area contributed by atoms with E-state index >= 15 is 0 Å². The van der Waals surface area contributed by atoms with Crippen molar-refractivity contribution in [2.45, 2.75) is 19.9 Å². The third kappa shape index (κ3) is 5.64. The second-order valence-electron chi connectivity index (χ2n) is 7.89. The van der Waals surface area contributed by atoms with Crippen LogP contribution >= 0.6 is 0 Å². The number of carbonyl (C=O) groups is 2. The van der Waals surface area contributed by atoms with Crippen molar-refractivity contribution in [1.82, 2.24) is 15.1 Å². The molecule has 2 aromatic carbocycles. The number of piperazine rings is 1. The van der Waals surface area contributed by atoms with Crippen molar-refractivity contribution >= 4 is 17.5 Å². The minimum Gasteiger partial charge on any atom is -0.346 e. The molecule has 1 atom stereocenters. The quantitative estimate of drug-likeness (QED) is 0.741. The van der Waals surface area contributed by atoms with Crippen molar-refractivity contribution in [3.8, 4) is 0 Å². The van der Waals surface area contributed by atoms with Gasteiger partial charge in [0.15, 0.2) is 0 Å². The van der Waals surface area contributed by atoms with Crippen LogP contribution in [0.3, 0.4) is 0 Å². The van der Waals surface area contributed by atoms with Gasteiger partial charge in [-0.2, -0.15) is 0 Å². The molecule has 0 unspecified atom stereocenters. The average molecular weight is 413 g/mol. The van der Waals surface area contributed by atoms with Gasteiger partial charge in [0.05, 0.1) is 6.04 Å². The molecule has 1 saturated heterocycles. The SMILES string of the molecule is Cc1ccc(NC(=O)C(=O)NC[C@@H](c2ccc(F)cc2)N2CCN(C)CC2)c(C)c1. The number of hydrogen-bond acceptors (Lipinski definition) is 4. The van der Waals surface area contributed by atoms with E-state index < -0.39 is 11.8 Å². The van der Waals surface area contributed by atoms with Crippen LogP contribution in [-0.4, -0.2) is 61.4 Å². The molecular weight excluding hydrogens is 383 g/mol. The second-order valence-corrected chi connectivity index (χ2v) is 7.89. The van der Waals surface area contributed by atoms with Crippen LogP contribution in [0.2, 0.25) is 0 Å². The van der Waals surface area contributed by atoms with Crippen molar-refractivity contribution in [3.63, 3.8) is 0 Å². The molecule has 3 rings (SSSR count). The standard InChI is InChI=1S/C23H29FN4O2/c1-16-4-9-20(17(2)14-16)26-23(30)22(29)25-15-21(18-5-7-19(24)8-6-18)28-12-10-27(3)11-13-28/h4-9,14,21H,10-13,15H2,1-3H3,(H,25,29)(H,26,30)/t21-/m0/s1. The fourth-order valence-corrected chi connectivity index (χ4v) is 3.68. The lowest BCUT2D eigenvalue weighted by molar-refractivity contribution is -0.136. The molecule has 7 heteroatoms. The van der Waals surface area contributed by atoms with Crippen molar-refractivity contribution in [2.24, 2.45) is 0 Å². The van der Waals surface area contributed by atoms with Gasteiger partial charge in [0.2, 0.25) is 0 Å². The molecule has 1 fully saturated rings. The summed E-state index contributed by atoms with van der Waals surface area (Å²) in [5.74, 6) is -1.68. The van der Waals surface area contributed by atoms with E-state index in [4.69, 9.17) is 0 Å². The lowest BCUT2D eigenvalue weighted by Crippen LogP contribution is -2.49. The number of benzene rings is 2. The summed E-state index contributed by atoms with van der Waals surface area (Å²) in [6.45, 7) is 7.64. The van der Waals surface area contributed by atoms with Crippen molar-refractivity contribution in [1.29, 1.82) is 0 Å². The van der Waals surface area contributed by atoms with E-state index in [1.54, 1.807) is 18.2 Å². The summed E-state index contributed by atoms with van der Waals surface area (Å²) in [6.07, 6.45) is 0. The summed E-state index contributed by atoms with van der Waals surface area (Å²) in [4.78, 5) is 29.3. The Kier molecular flexibility index (Phi) is 7.18. The Balaban J connectivity index is 1.65. The van der Waals surface area contributed by atoms with Crippen LogP contribution in [-0.2, 0) is 9.59 Å². The highest BCUT2D eigenvalue weighted by molar-refractivity contribution is 6.39. The zero-order valence-corrected chi connectivity index (χ0v) is 17.7. The van der Waals surface area contributed by atoms with E-state index in [9.17, 15) is 14.0 Å². The van der Waals surface area contributed by atoms with Crippen molar-refractivity contribution in [2.75, 3.05) is 45.1 Å². The van der Waals surface area contributed by atoms with E-state index in [0.717, 1.165) is 42.9 Å². The lowest BCUT2D eigenvalue weighted by Gasteiger charge is -2.38. The van der Waals surface area contributed by atoms with Crippen LogP contribution < -0.4 is 10.6 Å². The number of amides is 2. The molecule has 0 aliphatic carbocycles. The third-order valence-electron chi connectivity index (χ3n) is 5.53. The van der Waals surface area contributed by atoms with Gasteiger partial charge in [-0.25, -0.2) is 4.39 Å². The number of rotatable bonds is 5. The molecule has 160 valence electrons. The largest absolute Gasteiger partial charge is 0.346 e. The number of nitrogens with zero attached hydrogens (tertiary/aromatic N) is 2. The summed E-state index contributed by atoms with van der Waals surface area (Å²) < 4.78 is 13.4. The summed E-state index contributed by atoms with van der Waals surface area (Å²) in [5.41, 5.74) is 3.52. The van der Waals surface area contributed by atoms with Gasteiger partial charge in [-0.3, -0.25) is 14.5 Å². The average Bonchev–Trinajstić information content (AvgIpc) is 2.72. The van der Waals surface area contributed by atoms with Gasteiger partial charge in [0, 0.05) is 38.4 Å². The minimum absolute atomic E-state index is 0.128. The number of hydrogen-bond donors (Lipinski definition) is 2. The molecule has 2 amide bonds. The predicted octanol–water partition coefficient (Wildman–Crippen LogP) is 2.49. The smallest absolute Gasteiger partial charge is 0.313 e. The Labute approximate surface area is 177 Å². The number of nitrogens with one attached hydrogen (secondary N) is 2. The van der Waals surface area contributed by atoms with Gasteiger partial charge in [-0.15, -0.1) is 0 Å². The fraction of sp³-hybridized carbons (Fsp3) is 0.391. The molecule has 2 N–H and O–H groups in total. The van der Waals surface area contributed by atoms with Crippen molar-refractivity contribution in [3.05, 3.63) is 65.0 Å². The van der Waals surface area contributed by atoms with Crippen LogP contribution in [0, 0.1) is 19.7 Å². The minimum atomic E-state index is -0.696. The number of likely N-dealkylation sites (N-methyl/N-ethyl adjacent to an activating group) is 1. The molecular formula is C23H29FN4O2. The Morgan fingerprint density at radius 2 is 1.67 bits per heavy atom. The fourth-order valence-electron chi connectivity index (χ4n) is 3.68. The van der Waals surface area contributed by atoms with Crippen LogP contribution in [0.1, 0.15) is 22.7 Å². The Morgan fingerprint density at radius 3 is 2.30 bits per heavy atom. The zero-order chi connectivity index (χ0) is 21.7. The maximum atomic E-state index is 13.4. The molecule has 0 bridgehead atoms. The number of carbonyl (C=O) groups excluding carboxylic acids is 2. The Bertz CT molecular complexity index is 893. The van der Waals surface area contributed by atoms with Gasteiger partial charge >= 0.3 is 11.8 Å². The lowest BCUT2D eigenvalue weighted by atomic mass is 10.0. The van der Waals surface area contributed by atoms with Crippen LogP contribution in [0.15, 0.2) is 42.5 Å². The summed E-state index contributed by atoms with van der Waals surface area (Å²) in [6, 6.07) is 11.8. The highest BCUT2D eigenvalue weighted by Crippen LogP contribution is 2.22. The third-order valence-corrected chi connectivity index (χ3v) is 5.53. The first-order valence-electron chi connectivity index (χ1n) is 10.2. The predicted molar refractivity (Wildman–Crippen MR) is 116 cm³/mol. The van der Waals surface area contributed by atoms with E-state index in [1.165, 1.54) is 12.1 Å². The van der Waals surface area contributed by atoms with Gasteiger partial charge in [0.25, 0.3) is 0 Å². The van der Waals surface area contributed by atoms with Crippen LogP contribution in [0.4, 0.5) is 10.1 Å². The highest BCUT2D eigenvalue weighted by Gasteiger charge is 2.25. The van der Waals surface area contributed by atoms with E-state index in [-0.39, 0.29) is 18.4 Å². The maximum absolute atomic E-state index is 13.4. The maximum Gasteiger partial charge on any atom is 0.313 e. The molecule has 0 saturated carbocycles. The molecule has 2 aromatic rings. The zero-order valence-electron chi connectivity index (χ0n) is 17.7. The topological polar surface area (TPSA) is 64.7 Å². The molecule has 0 spiro atoms. The van der Waals surface area contributed by atoms with Crippen LogP contribution in [0.25, 0.3) is 0 Å². The Hall–Kier alpha value is -2.77. The van der Waals surface area contributed by atoms with E-state index in [2.05, 4.69) is 27.5 Å². The second kappa shape index (κ2) is 9.82. The molecule has 1 aliphatic heterocycles. The number of anilines is 1. The molecule has 0 aromatic heterocycles. The van der Waals surface area contributed by atoms with Crippen molar-refractivity contribution < 1.29 is 14.0 Å². The molecule has 1 aliphatic rings. The number of halogens is 1. The monoisotopic (exact) mass is 412 g/mol. The van der Waals surface area contributed by atoms with E-state index in [1.807, 2.05) is 26.0 Å². The van der Waals surface area contributed by atoms with Gasteiger partial charge < -0.3 is 15.5 Å². The molecule has 6 nitrogen and oxygen atoms in total. The molecule has 1 heterocycles. The first kappa shape index (κ1) is 21.9. The summed E-state index contributed by atoms with van der Waals surface area (Å²) >= 11 is 0.